The van der Waals surface area contributed by atoms with Crippen molar-refractivity contribution in [3.05, 3.63) is 64.1 Å². The molecule has 0 radical (unpaired) electrons. The maximum Gasteiger partial charge on any atom is 0.310 e. The highest BCUT2D eigenvalue weighted by Gasteiger charge is 2.09. The zero-order valence-electron chi connectivity index (χ0n) is 13.0. The van der Waals surface area contributed by atoms with E-state index >= 15 is 0 Å². The number of nitrogens with one attached hydrogen (secondary N) is 1. The highest BCUT2D eigenvalue weighted by Crippen LogP contribution is 2.18. The highest BCUT2D eigenvalue weighted by atomic mass is 79.9. The summed E-state index contributed by atoms with van der Waals surface area (Å²) in [5.74, 6) is 0.398. The van der Waals surface area contributed by atoms with E-state index in [0.29, 0.717) is 18.9 Å². The zero-order valence-corrected chi connectivity index (χ0v) is 14.6. The van der Waals surface area contributed by atoms with E-state index in [4.69, 9.17) is 9.57 Å². The van der Waals surface area contributed by atoms with E-state index in [-0.39, 0.29) is 12.4 Å². The second kappa shape index (κ2) is 9.33. The van der Waals surface area contributed by atoms with E-state index in [2.05, 4.69) is 33.5 Å². The molecule has 23 heavy (non-hydrogen) atoms. The second-order valence-electron chi connectivity index (χ2n) is 4.96. The van der Waals surface area contributed by atoms with Gasteiger partial charge in [0, 0.05) is 16.6 Å². The van der Waals surface area contributed by atoms with Gasteiger partial charge in [0.05, 0.1) is 13.0 Å². The Morgan fingerprint density at radius 1 is 1.13 bits per heavy atom. The Labute approximate surface area is 144 Å². The van der Waals surface area contributed by atoms with Crippen LogP contribution in [0.5, 0.6) is 5.75 Å². The summed E-state index contributed by atoms with van der Waals surface area (Å²) in [7, 11) is 0. The van der Waals surface area contributed by atoms with Crippen molar-refractivity contribution in [2.75, 3.05) is 13.2 Å². The summed E-state index contributed by atoms with van der Waals surface area (Å²) in [5, 5.41) is 0. The fraction of sp³-hybridized carbons (Fsp3) is 0.278. The average Bonchev–Trinajstić information content (AvgIpc) is 2.55. The third-order valence-electron chi connectivity index (χ3n) is 3.22. The molecule has 0 saturated heterocycles. The number of hydrogen-bond acceptors (Lipinski definition) is 4. The quantitative estimate of drug-likeness (QED) is 0.433. The SMILES string of the molecule is CCOC(=O)Cc1ccccc1ONCCc1ccc(Br)cc1. The van der Waals surface area contributed by atoms with E-state index in [9.17, 15) is 4.79 Å². The first kappa shape index (κ1) is 17.5. The smallest absolute Gasteiger partial charge is 0.310 e. The van der Waals surface area contributed by atoms with E-state index in [1.165, 1.54) is 5.56 Å². The molecule has 4 nitrogen and oxygen atoms in total. The molecule has 0 fully saturated rings. The van der Waals surface area contributed by atoms with Crippen LogP contribution in [0.4, 0.5) is 0 Å². The van der Waals surface area contributed by atoms with Gasteiger partial charge in [0.1, 0.15) is 0 Å². The monoisotopic (exact) mass is 377 g/mol. The summed E-state index contributed by atoms with van der Waals surface area (Å²) in [6, 6.07) is 15.6. The number of esters is 1. The largest absolute Gasteiger partial charge is 0.466 e. The second-order valence-corrected chi connectivity index (χ2v) is 5.88. The predicted octanol–water partition coefficient (Wildman–Crippen LogP) is 3.68. The molecule has 0 aliphatic heterocycles. The van der Waals surface area contributed by atoms with E-state index in [1.54, 1.807) is 6.92 Å². The lowest BCUT2D eigenvalue weighted by atomic mass is 10.1. The van der Waals surface area contributed by atoms with Gasteiger partial charge >= 0.3 is 5.97 Å². The fourth-order valence-corrected chi connectivity index (χ4v) is 2.36. The standard InChI is InChI=1S/C18H20BrNO3/c1-2-22-18(21)13-15-5-3-4-6-17(15)23-20-12-11-14-7-9-16(19)10-8-14/h3-10,20H,2,11-13H2,1H3. The molecule has 1 N–H and O–H groups in total. The zero-order chi connectivity index (χ0) is 16.5. The van der Waals surface area contributed by atoms with E-state index in [0.717, 1.165) is 16.5 Å². The molecule has 0 bridgehead atoms. The number of hydrogen-bond donors (Lipinski definition) is 1. The minimum absolute atomic E-state index is 0.207. The van der Waals surface area contributed by atoms with Crippen LogP contribution in [-0.4, -0.2) is 19.1 Å². The summed E-state index contributed by atoms with van der Waals surface area (Å²) in [4.78, 5) is 17.2. The van der Waals surface area contributed by atoms with Gasteiger partial charge in [-0.05, 0) is 37.1 Å². The average molecular weight is 378 g/mol. The van der Waals surface area contributed by atoms with Crippen molar-refractivity contribution in [1.82, 2.24) is 5.48 Å². The normalized spacial score (nSPS) is 10.3. The van der Waals surface area contributed by atoms with Crippen LogP contribution < -0.4 is 10.3 Å². The van der Waals surface area contributed by atoms with Crippen LogP contribution >= 0.6 is 15.9 Å². The van der Waals surface area contributed by atoms with Crippen molar-refractivity contribution >= 4 is 21.9 Å². The minimum Gasteiger partial charge on any atom is -0.466 e. The molecule has 2 rings (SSSR count). The topological polar surface area (TPSA) is 47.6 Å². The lowest BCUT2D eigenvalue weighted by Crippen LogP contribution is -2.22. The summed E-state index contributed by atoms with van der Waals surface area (Å²) >= 11 is 3.42. The van der Waals surface area contributed by atoms with Gasteiger partial charge in [-0.1, -0.05) is 46.3 Å². The van der Waals surface area contributed by atoms with Gasteiger partial charge < -0.3 is 9.57 Å². The summed E-state index contributed by atoms with van der Waals surface area (Å²) < 4.78 is 6.04. The third-order valence-corrected chi connectivity index (χ3v) is 3.75. The summed E-state index contributed by atoms with van der Waals surface area (Å²) in [5.41, 5.74) is 4.98. The van der Waals surface area contributed by atoms with Crippen LogP contribution in [0.1, 0.15) is 18.1 Å². The highest BCUT2D eigenvalue weighted by molar-refractivity contribution is 9.10. The molecule has 0 saturated carbocycles. The van der Waals surface area contributed by atoms with Gasteiger partial charge in [-0.25, -0.2) is 0 Å². The molecule has 0 aliphatic rings. The van der Waals surface area contributed by atoms with Crippen molar-refractivity contribution in [3.63, 3.8) is 0 Å². The van der Waals surface area contributed by atoms with E-state index in [1.807, 2.05) is 36.4 Å². The van der Waals surface area contributed by atoms with Gasteiger partial charge in [-0.3, -0.25) is 4.79 Å². The molecule has 122 valence electrons. The molecule has 0 atom stereocenters. The Balaban J connectivity index is 1.83. The lowest BCUT2D eigenvalue weighted by molar-refractivity contribution is -0.142. The molecule has 2 aromatic carbocycles. The van der Waals surface area contributed by atoms with Gasteiger partial charge in [0.25, 0.3) is 0 Å². The van der Waals surface area contributed by atoms with Gasteiger partial charge in [0.15, 0.2) is 5.75 Å². The Hall–Kier alpha value is -1.85. The Bertz CT molecular complexity index is 628. The van der Waals surface area contributed by atoms with Crippen LogP contribution in [0.2, 0.25) is 0 Å². The first-order valence-corrected chi connectivity index (χ1v) is 8.36. The fourth-order valence-electron chi connectivity index (χ4n) is 2.09. The molecule has 2 aromatic rings. The molecule has 0 spiro atoms. The minimum atomic E-state index is -0.251. The van der Waals surface area contributed by atoms with Crippen molar-refractivity contribution < 1.29 is 14.4 Å². The number of benzene rings is 2. The summed E-state index contributed by atoms with van der Waals surface area (Å²) in [6.45, 7) is 2.85. The number of hydroxylamine groups is 1. The molecule has 0 amide bonds. The van der Waals surface area contributed by atoms with E-state index < -0.39 is 0 Å². The van der Waals surface area contributed by atoms with Crippen LogP contribution in [-0.2, 0) is 22.4 Å². The molecule has 0 heterocycles. The molecule has 0 aliphatic carbocycles. The Morgan fingerprint density at radius 3 is 2.61 bits per heavy atom. The molecular formula is C18H20BrNO3. The van der Waals surface area contributed by atoms with Gasteiger partial charge in [-0.15, -0.1) is 0 Å². The number of halogens is 1. The first-order chi connectivity index (χ1) is 11.2. The van der Waals surface area contributed by atoms with Gasteiger partial charge in [0.2, 0.25) is 0 Å². The molecular weight excluding hydrogens is 358 g/mol. The van der Waals surface area contributed by atoms with Crippen LogP contribution in [0.3, 0.4) is 0 Å². The number of rotatable bonds is 8. The third kappa shape index (κ3) is 6.04. The Kier molecular flexibility index (Phi) is 7.10. The number of carbonyl (C=O) groups excluding carboxylic acids is 1. The lowest BCUT2D eigenvalue weighted by Gasteiger charge is -2.11. The maximum absolute atomic E-state index is 11.6. The molecule has 5 heteroatoms. The number of para-hydroxylation sites is 1. The van der Waals surface area contributed by atoms with Crippen molar-refractivity contribution in [1.29, 1.82) is 0 Å². The van der Waals surface area contributed by atoms with Gasteiger partial charge in [-0.2, -0.15) is 5.48 Å². The van der Waals surface area contributed by atoms with Crippen LogP contribution in [0.15, 0.2) is 53.0 Å². The first-order valence-electron chi connectivity index (χ1n) is 7.56. The van der Waals surface area contributed by atoms with Crippen LogP contribution in [0.25, 0.3) is 0 Å². The number of carbonyl (C=O) groups is 1. The number of ether oxygens (including phenoxy) is 1. The molecule has 0 aromatic heterocycles. The van der Waals surface area contributed by atoms with Crippen molar-refractivity contribution in [2.24, 2.45) is 0 Å². The van der Waals surface area contributed by atoms with Crippen molar-refractivity contribution in [2.45, 2.75) is 19.8 Å². The Morgan fingerprint density at radius 2 is 1.87 bits per heavy atom. The molecule has 0 unspecified atom stereocenters. The maximum atomic E-state index is 11.6. The van der Waals surface area contributed by atoms with Crippen molar-refractivity contribution in [3.8, 4) is 5.75 Å². The summed E-state index contributed by atoms with van der Waals surface area (Å²) in [6.07, 6.45) is 1.06. The predicted molar refractivity (Wildman–Crippen MR) is 93.3 cm³/mol. The van der Waals surface area contributed by atoms with Crippen LogP contribution in [0, 0.1) is 0 Å².